The van der Waals surface area contributed by atoms with Crippen molar-refractivity contribution in [1.29, 1.82) is 0 Å². The number of carbonyl (C=O) groups excluding carboxylic acids is 1. The fraction of sp³-hybridized carbons (Fsp3) is 0.333. The molecule has 0 radical (unpaired) electrons. The minimum absolute atomic E-state index is 0.0850. The highest BCUT2D eigenvalue weighted by molar-refractivity contribution is 5.91. The number of amides is 1. The lowest BCUT2D eigenvalue weighted by molar-refractivity contribution is -0.0741. The summed E-state index contributed by atoms with van der Waals surface area (Å²) in [5.41, 5.74) is 1.95. The average Bonchev–Trinajstić information content (AvgIpc) is 2.77. The predicted octanol–water partition coefficient (Wildman–Crippen LogP) is 4.49. The van der Waals surface area contributed by atoms with E-state index in [4.69, 9.17) is 4.74 Å². The quantitative estimate of drug-likeness (QED) is 0.717. The lowest BCUT2D eigenvalue weighted by atomic mass is 9.78. The number of carbonyl (C=O) groups is 1. The molecule has 3 fully saturated rings. The van der Waals surface area contributed by atoms with Crippen LogP contribution < -0.4 is 5.32 Å². The molecule has 2 atom stereocenters. The van der Waals surface area contributed by atoms with E-state index >= 15 is 0 Å². The van der Waals surface area contributed by atoms with E-state index in [1.165, 1.54) is 5.56 Å². The van der Waals surface area contributed by atoms with Crippen LogP contribution in [-0.2, 0) is 11.2 Å². The highest BCUT2D eigenvalue weighted by atomic mass is 16.6. The molecule has 3 aliphatic rings. The Morgan fingerprint density at radius 3 is 2.69 bits per heavy atom. The summed E-state index contributed by atoms with van der Waals surface area (Å²) >= 11 is 0. The van der Waals surface area contributed by atoms with Crippen molar-refractivity contribution in [3.8, 4) is 0 Å². The summed E-state index contributed by atoms with van der Waals surface area (Å²) in [6.45, 7) is 2.17. The molecule has 2 unspecified atom stereocenters. The van der Waals surface area contributed by atoms with Crippen LogP contribution in [0.15, 0.2) is 67.0 Å². The molecule has 1 aromatic heterocycles. The van der Waals surface area contributed by atoms with Gasteiger partial charge >= 0.3 is 6.09 Å². The maximum atomic E-state index is 12.7. The van der Waals surface area contributed by atoms with E-state index in [9.17, 15) is 4.79 Å². The van der Waals surface area contributed by atoms with Crippen LogP contribution in [0.2, 0.25) is 0 Å². The zero-order valence-corrected chi connectivity index (χ0v) is 16.3. The topological polar surface area (TPSA) is 54.5 Å². The van der Waals surface area contributed by atoms with Crippen LogP contribution in [-0.4, -0.2) is 41.2 Å². The first-order valence-corrected chi connectivity index (χ1v) is 10.4. The minimum atomic E-state index is -0.366. The van der Waals surface area contributed by atoms with Crippen molar-refractivity contribution < 1.29 is 9.53 Å². The van der Waals surface area contributed by atoms with Crippen molar-refractivity contribution in [3.05, 3.63) is 72.6 Å². The monoisotopic (exact) mass is 387 g/mol. The summed E-state index contributed by atoms with van der Waals surface area (Å²) in [5.74, 6) is 0.434. The van der Waals surface area contributed by atoms with Gasteiger partial charge in [0.2, 0.25) is 0 Å². The Morgan fingerprint density at radius 2 is 1.90 bits per heavy atom. The van der Waals surface area contributed by atoms with Gasteiger partial charge < -0.3 is 4.74 Å². The number of hydrogen-bond acceptors (Lipinski definition) is 4. The summed E-state index contributed by atoms with van der Waals surface area (Å²) in [6.07, 6.45) is 6.30. The van der Waals surface area contributed by atoms with Crippen LogP contribution in [0.25, 0.3) is 10.8 Å². The molecule has 1 N–H and O–H groups in total. The van der Waals surface area contributed by atoms with Crippen LogP contribution in [0.5, 0.6) is 0 Å². The lowest BCUT2D eigenvalue weighted by Gasteiger charge is -2.50. The van der Waals surface area contributed by atoms with E-state index in [0.29, 0.717) is 5.92 Å². The summed E-state index contributed by atoms with van der Waals surface area (Å²) in [7, 11) is 0. The molecule has 1 amide bonds. The molecule has 3 aliphatic heterocycles. The normalized spacial score (nSPS) is 25.7. The highest BCUT2D eigenvalue weighted by Gasteiger charge is 2.44. The molecule has 2 aromatic carbocycles. The molecule has 148 valence electrons. The zero-order chi connectivity index (χ0) is 19.6. The molecule has 0 spiro atoms. The molecule has 3 saturated heterocycles. The molecule has 4 heterocycles. The Morgan fingerprint density at radius 1 is 1.07 bits per heavy atom. The maximum Gasteiger partial charge on any atom is 0.411 e. The van der Waals surface area contributed by atoms with Crippen LogP contribution in [0, 0.1) is 5.92 Å². The third-order valence-electron chi connectivity index (χ3n) is 6.29. The van der Waals surface area contributed by atoms with Gasteiger partial charge in [-0.05, 0) is 66.9 Å². The van der Waals surface area contributed by atoms with Gasteiger partial charge in [-0.2, -0.15) is 0 Å². The second kappa shape index (κ2) is 7.84. The molecular formula is C24H25N3O2. The van der Waals surface area contributed by atoms with E-state index in [2.05, 4.69) is 27.3 Å². The van der Waals surface area contributed by atoms with Crippen LogP contribution in [0.1, 0.15) is 18.4 Å². The van der Waals surface area contributed by atoms with Gasteiger partial charge in [0.05, 0.1) is 6.04 Å². The van der Waals surface area contributed by atoms with Gasteiger partial charge in [0.15, 0.2) is 0 Å². The first-order valence-electron chi connectivity index (χ1n) is 10.4. The number of nitrogens with zero attached hydrogens (tertiary/aromatic N) is 2. The zero-order valence-electron chi connectivity index (χ0n) is 16.3. The number of hydrogen-bond donors (Lipinski definition) is 1. The standard InChI is InChI=1S/C24H25N3O2/c28-24(26-21-8-7-18-5-1-2-6-20(18)15-21)29-23-19-9-12-27(13-10-19)22(23)14-17-4-3-11-25-16-17/h1-8,11,15-16,19,22-23H,9-10,12-14H2,(H,26,28). The van der Waals surface area contributed by atoms with E-state index < -0.39 is 0 Å². The van der Waals surface area contributed by atoms with E-state index in [-0.39, 0.29) is 18.2 Å². The van der Waals surface area contributed by atoms with Crippen molar-refractivity contribution in [2.45, 2.75) is 31.4 Å². The van der Waals surface area contributed by atoms with Crippen molar-refractivity contribution in [2.75, 3.05) is 18.4 Å². The smallest absolute Gasteiger partial charge is 0.411 e. The van der Waals surface area contributed by atoms with Crippen LogP contribution in [0.4, 0.5) is 10.5 Å². The van der Waals surface area contributed by atoms with Gasteiger partial charge in [0.1, 0.15) is 6.10 Å². The number of piperidine rings is 3. The second-order valence-corrected chi connectivity index (χ2v) is 8.06. The molecule has 0 aliphatic carbocycles. The fourth-order valence-electron chi connectivity index (χ4n) is 4.82. The molecular weight excluding hydrogens is 362 g/mol. The molecule has 5 nitrogen and oxygen atoms in total. The third kappa shape index (κ3) is 3.83. The second-order valence-electron chi connectivity index (χ2n) is 8.06. The first kappa shape index (κ1) is 18.1. The minimum Gasteiger partial charge on any atom is -0.444 e. The summed E-state index contributed by atoms with van der Waals surface area (Å²) in [5, 5.41) is 5.19. The number of pyridine rings is 1. The average molecular weight is 387 g/mol. The van der Waals surface area contributed by atoms with Gasteiger partial charge in [0.25, 0.3) is 0 Å². The van der Waals surface area contributed by atoms with Crippen molar-refractivity contribution >= 4 is 22.6 Å². The summed E-state index contributed by atoms with van der Waals surface area (Å²) in [6, 6.07) is 18.3. The number of anilines is 1. The van der Waals surface area contributed by atoms with Gasteiger partial charge in [0, 0.05) is 24.0 Å². The van der Waals surface area contributed by atoms with Crippen molar-refractivity contribution in [1.82, 2.24) is 9.88 Å². The van der Waals surface area contributed by atoms with Crippen LogP contribution in [0.3, 0.4) is 0 Å². The Hall–Kier alpha value is -2.92. The Labute approximate surface area is 170 Å². The molecule has 0 saturated carbocycles. The summed E-state index contributed by atoms with van der Waals surface area (Å²) < 4.78 is 6.01. The molecule has 29 heavy (non-hydrogen) atoms. The Bertz CT molecular complexity index is 999. The number of ether oxygens (including phenoxy) is 1. The largest absolute Gasteiger partial charge is 0.444 e. The number of benzene rings is 2. The Kier molecular flexibility index (Phi) is 4.90. The molecule has 2 bridgehead atoms. The van der Waals surface area contributed by atoms with E-state index in [1.807, 2.05) is 48.7 Å². The molecule has 3 aromatic rings. The van der Waals surface area contributed by atoms with Crippen LogP contribution >= 0.6 is 0 Å². The first-order chi connectivity index (χ1) is 14.3. The summed E-state index contributed by atoms with van der Waals surface area (Å²) in [4.78, 5) is 19.4. The highest BCUT2D eigenvalue weighted by Crippen LogP contribution is 2.36. The van der Waals surface area contributed by atoms with E-state index in [1.54, 1.807) is 6.20 Å². The SMILES string of the molecule is O=C(Nc1ccc2ccccc2c1)OC1C2CCN(CC2)C1Cc1cccnc1. The molecule has 5 heteroatoms. The maximum absolute atomic E-state index is 12.7. The number of rotatable bonds is 4. The lowest BCUT2D eigenvalue weighted by Crippen LogP contribution is -2.60. The molecule has 6 rings (SSSR count). The van der Waals surface area contributed by atoms with Crippen molar-refractivity contribution in [3.63, 3.8) is 0 Å². The number of fused-ring (bicyclic) bond motifs is 4. The fourth-order valence-corrected chi connectivity index (χ4v) is 4.82. The van der Waals surface area contributed by atoms with Gasteiger partial charge in [-0.15, -0.1) is 0 Å². The van der Waals surface area contributed by atoms with E-state index in [0.717, 1.165) is 48.8 Å². The number of nitrogens with one attached hydrogen (secondary N) is 1. The van der Waals surface area contributed by atoms with Gasteiger partial charge in [-0.25, -0.2) is 4.79 Å². The van der Waals surface area contributed by atoms with Gasteiger partial charge in [-0.1, -0.05) is 36.4 Å². The third-order valence-corrected chi connectivity index (χ3v) is 6.29. The van der Waals surface area contributed by atoms with Gasteiger partial charge in [-0.3, -0.25) is 15.2 Å². The predicted molar refractivity (Wildman–Crippen MR) is 114 cm³/mol. The Balaban J connectivity index is 1.30. The van der Waals surface area contributed by atoms with Crippen molar-refractivity contribution in [2.24, 2.45) is 5.92 Å². The number of aromatic nitrogens is 1.